The maximum absolute atomic E-state index is 12.3. The SMILES string of the molecule is Cc1nc(N2CCC(N3CCCC3)CC2)nc2ncc(NC(=O)COc3ccc(OC(F)(F)F)cc3)nc12.Cc1nc(N2CCN(C)CC2)nc2ncc(NC(=O)COc3ccc(OC(F)(F)F)cc3)nc12. The molecule has 72 heavy (non-hydrogen) atoms. The number of nitrogens with one attached hydrogen (secondary N) is 2. The molecule has 0 radical (unpaired) electrons. The number of carbonyl (C=O) groups is 2. The number of likely N-dealkylation sites (tertiary alicyclic amines) is 1. The molecule has 3 fully saturated rings. The standard InChI is InChI=1S/C25H28F3N7O3.C21H22F3N7O3/c1-16-22-23(33-24(30-16)35-12-8-17(9-13-35)34-10-2-3-11-34)29-14-20(32-22)31-21(36)15-37-18-4-6-19(7-5-18)38-25(26,27)28;1-13-18-19(29-20(26-13)31-9-7-30(2)8-10-31)25-11-16(28-18)27-17(32)12-33-14-3-5-15(6-4-14)34-21(22,23)24/h4-7,14,17H,2-3,8-13,15H2,1H3,(H,31,32,36);3-6,11H,7-10,12H2,1-2H3,(H,27,28,32). The Bertz CT molecular complexity index is 2830. The van der Waals surface area contributed by atoms with Gasteiger partial charge in [0.25, 0.3) is 11.8 Å². The average molecular weight is 1010 g/mol. The molecule has 0 aliphatic carbocycles. The van der Waals surface area contributed by atoms with Crippen LogP contribution in [0.1, 0.15) is 37.1 Å². The van der Waals surface area contributed by atoms with Gasteiger partial charge in [0, 0.05) is 45.3 Å². The highest BCUT2D eigenvalue weighted by atomic mass is 19.4. The Morgan fingerprint density at radius 1 is 0.569 bits per heavy atom. The van der Waals surface area contributed by atoms with E-state index in [-0.39, 0.29) is 47.8 Å². The van der Waals surface area contributed by atoms with Crippen molar-refractivity contribution in [2.75, 3.05) is 93.1 Å². The topological polar surface area (TPSA) is 211 Å². The van der Waals surface area contributed by atoms with Gasteiger partial charge < -0.3 is 49.2 Å². The molecule has 9 rings (SSSR count). The summed E-state index contributed by atoms with van der Waals surface area (Å²) < 4.78 is 91.6. The number of nitrogens with zero attached hydrogens (tertiary/aromatic N) is 12. The zero-order valence-corrected chi connectivity index (χ0v) is 39.3. The molecule has 20 nitrogen and oxygen atoms in total. The van der Waals surface area contributed by atoms with Crippen molar-refractivity contribution in [3.63, 3.8) is 0 Å². The molecule has 2 aromatic carbocycles. The minimum atomic E-state index is -4.78. The third-order valence-electron chi connectivity index (χ3n) is 11.7. The zero-order valence-electron chi connectivity index (χ0n) is 39.3. The lowest BCUT2D eigenvalue weighted by molar-refractivity contribution is -0.275. The number of amides is 2. The minimum Gasteiger partial charge on any atom is -0.484 e. The van der Waals surface area contributed by atoms with Gasteiger partial charge in [-0.2, -0.15) is 9.97 Å². The highest BCUT2D eigenvalue weighted by Gasteiger charge is 2.32. The van der Waals surface area contributed by atoms with Crippen LogP contribution in [0.2, 0.25) is 0 Å². The first-order valence-corrected chi connectivity index (χ1v) is 22.9. The van der Waals surface area contributed by atoms with Crippen molar-refractivity contribution in [3.05, 3.63) is 72.3 Å². The first-order valence-electron chi connectivity index (χ1n) is 22.9. The molecular weight excluding hydrogens is 959 g/mol. The van der Waals surface area contributed by atoms with Crippen LogP contribution in [0.5, 0.6) is 23.0 Å². The van der Waals surface area contributed by atoms with E-state index in [0.29, 0.717) is 51.7 Å². The third-order valence-corrected chi connectivity index (χ3v) is 11.7. The number of halogens is 6. The van der Waals surface area contributed by atoms with Crippen molar-refractivity contribution >= 4 is 57.7 Å². The molecule has 2 amide bonds. The zero-order chi connectivity index (χ0) is 51.0. The molecule has 0 saturated carbocycles. The van der Waals surface area contributed by atoms with Crippen LogP contribution in [0.3, 0.4) is 0 Å². The van der Waals surface area contributed by atoms with Gasteiger partial charge in [-0.05, 0) is 108 Å². The lowest BCUT2D eigenvalue weighted by atomic mass is 10.0. The number of aryl methyl sites for hydroxylation is 2. The van der Waals surface area contributed by atoms with Gasteiger partial charge in [0.05, 0.1) is 23.8 Å². The summed E-state index contributed by atoms with van der Waals surface area (Å²) in [6.07, 6.45) is -1.99. The van der Waals surface area contributed by atoms with E-state index in [1.165, 1.54) is 62.6 Å². The first kappa shape index (κ1) is 50.9. The number of carbonyl (C=O) groups excluding carboxylic acids is 2. The Morgan fingerprint density at radius 2 is 0.972 bits per heavy atom. The van der Waals surface area contributed by atoms with Crippen LogP contribution in [-0.4, -0.2) is 153 Å². The number of benzene rings is 2. The minimum absolute atomic E-state index is 0.203. The van der Waals surface area contributed by atoms with Gasteiger partial charge in [-0.1, -0.05) is 0 Å². The van der Waals surface area contributed by atoms with Crippen molar-refractivity contribution in [2.24, 2.45) is 0 Å². The number of fused-ring (bicyclic) bond motifs is 2. The Morgan fingerprint density at radius 3 is 1.39 bits per heavy atom. The van der Waals surface area contributed by atoms with Gasteiger partial charge in [-0.25, -0.2) is 29.9 Å². The highest BCUT2D eigenvalue weighted by molar-refractivity contribution is 5.92. The summed E-state index contributed by atoms with van der Waals surface area (Å²) in [4.78, 5) is 69.5. The van der Waals surface area contributed by atoms with Crippen LogP contribution in [0, 0.1) is 13.8 Å². The quantitative estimate of drug-likeness (QED) is 0.125. The normalized spacial score (nSPS) is 16.0. The second kappa shape index (κ2) is 22.3. The molecule has 0 atom stereocenters. The summed E-state index contributed by atoms with van der Waals surface area (Å²) in [5.41, 5.74) is 3.13. The van der Waals surface area contributed by atoms with E-state index < -0.39 is 24.5 Å². The van der Waals surface area contributed by atoms with Crippen LogP contribution in [0.25, 0.3) is 22.3 Å². The van der Waals surface area contributed by atoms with E-state index in [9.17, 15) is 35.9 Å². The number of hydrogen-bond acceptors (Lipinski definition) is 18. The van der Waals surface area contributed by atoms with E-state index in [0.717, 1.165) is 76.4 Å². The van der Waals surface area contributed by atoms with E-state index in [1.54, 1.807) is 6.92 Å². The molecule has 6 aromatic rings. The summed E-state index contributed by atoms with van der Waals surface area (Å²) in [6.45, 7) is 10.6. The molecule has 26 heteroatoms. The van der Waals surface area contributed by atoms with Gasteiger partial charge in [0.2, 0.25) is 11.9 Å². The van der Waals surface area contributed by atoms with Crippen LogP contribution in [0.15, 0.2) is 60.9 Å². The second-order valence-corrected chi connectivity index (χ2v) is 17.0. The second-order valence-electron chi connectivity index (χ2n) is 17.0. The Labute approximate surface area is 408 Å². The van der Waals surface area contributed by atoms with Crippen molar-refractivity contribution < 1.29 is 54.9 Å². The number of ether oxygens (including phenoxy) is 4. The molecule has 0 bridgehead atoms. The van der Waals surface area contributed by atoms with Crippen molar-refractivity contribution in [1.82, 2.24) is 49.7 Å². The third kappa shape index (κ3) is 14.1. The van der Waals surface area contributed by atoms with Gasteiger partial charge in [0.15, 0.2) is 36.1 Å². The molecule has 2 N–H and O–H groups in total. The molecule has 0 unspecified atom stereocenters. The molecule has 0 spiro atoms. The molecule has 3 aliphatic rings. The molecule has 4 aromatic heterocycles. The van der Waals surface area contributed by atoms with Crippen LogP contribution in [0.4, 0.5) is 49.9 Å². The maximum Gasteiger partial charge on any atom is 0.573 e. The smallest absolute Gasteiger partial charge is 0.484 e. The van der Waals surface area contributed by atoms with E-state index >= 15 is 0 Å². The number of hydrogen-bond donors (Lipinski definition) is 2. The average Bonchev–Trinajstić information content (AvgIpc) is 3.89. The number of rotatable bonds is 13. The first-order chi connectivity index (χ1) is 34.4. The van der Waals surface area contributed by atoms with Crippen LogP contribution >= 0.6 is 0 Å². The predicted octanol–water partition coefficient (Wildman–Crippen LogP) is 6.11. The molecule has 3 saturated heterocycles. The fraction of sp³-hybridized carbons (Fsp3) is 0.435. The monoisotopic (exact) mass is 1010 g/mol. The van der Waals surface area contributed by atoms with Gasteiger partial charge >= 0.3 is 12.7 Å². The number of piperazine rings is 1. The molecule has 382 valence electrons. The van der Waals surface area contributed by atoms with E-state index in [2.05, 4.69) is 86.6 Å². The summed E-state index contributed by atoms with van der Waals surface area (Å²) in [6, 6.07) is 10.1. The lowest BCUT2D eigenvalue weighted by Crippen LogP contribution is -2.45. The predicted molar refractivity (Wildman–Crippen MR) is 250 cm³/mol. The summed E-state index contributed by atoms with van der Waals surface area (Å²) in [7, 11) is 2.07. The largest absolute Gasteiger partial charge is 0.573 e. The molecule has 3 aliphatic heterocycles. The van der Waals surface area contributed by atoms with Crippen LogP contribution < -0.4 is 39.4 Å². The number of aromatic nitrogens is 8. The van der Waals surface area contributed by atoms with E-state index in [1.807, 2.05) is 6.92 Å². The van der Waals surface area contributed by atoms with Crippen LogP contribution in [-0.2, 0) is 9.59 Å². The fourth-order valence-electron chi connectivity index (χ4n) is 8.14. The molecular formula is C46H50F6N14O6. The highest BCUT2D eigenvalue weighted by Crippen LogP contribution is 2.28. The number of anilines is 4. The number of piperidine rings is 1. The Balaban J connectivity index is 0.000000194. The van der Waals surface area contributed by atoms with Crippen molar-refractivity contribution in [1.29, 1.82) is 0 Å². The maximum atomic E-state index is 12.3. The van der Waals surface area contributed by atoms with Gasteiger partial charge in [0.1, 0.15) is 34.0 Å². The fourth-order valence-corrected chi connectivity index (χ4v) is 8.14. The summed E-state index contributed by atoms with van der Waals surface area (Å²) in [5.74, 6) is 0.278. The summed E-state index contributed by atoms with van der Waals surface area (Å²) in [5, 5.41) is 5.18. The number of likely N-dealkylation sites (N-methyl/N-ethyl adjacent to an activating group) is 1. The lowest BCUT2D eigenvalue weighted by Gasteiger charge is -2.36. The Kier molecular flexibility index (Phi) is 15.8. The van der Waals surface area contributed by atoms with Gasteiger partial charge in [-0.3, -0.25) is 9.59 Å². The molecule has 7 heterocycles. The number of alkyl halides is 6. The summed E-state index contributed by atoms with van der Waals surface area (Å²) >= 11 is 0. The Hall–Kier alpha value is -7.48. The van der Waals surface area contributed by atoms with E-state index in [4.69, 9.17) is 9.47 Å². The van der Waals surface area contributed by atoms with Gasteiger partial charge in [-0.15, -0.1) is 26.3 Å². The van der Waals surface area contributed by atoms with Crippen molar-refractivity contribution in [2.45, 2.75) is 58.3 Å². The van der Waals surface area contributed by atoms with Crippen molar-refractivity contribution in [3.8, 4) is 23.0 Å².